The fourth-order valence-corrected chi connectivity index (χ4v) is 4.83. The third-order valence-electron chi connectivity index (χ3n) is 2.31. The number of thiophene rings is 1. The van der Waals surface area contributed by atoms with Gasteiger partial charge in [-0.1, -0.05) is 0 Å². The average molecular weight is 378 g/mol. The van der Waals surface area contributed by atoms with Crippen LogP contribution in [0.1, 0.15) is 10.4 Å². The monoisotopic (exact) mass is 377 g/mol. The molecule has 0 fully saturated rings. The number of halogens is 1. The maximum atomic E-state index is 12.1. The molecule has 0 aliphatic carbocycles. The molecule has 0 atom stereocenters. The summed E-state index contributed by atoms with van der Waals surface area (Å²) in [6.45, 7) is 0. The van der Waals surface area contributed by atoms with Crippen LogP contribution in [0.4, 0.5) is 5.69 Å². The number of aromatic carboxylic acids is 1. The Kier molecular flexibility index (Phi) is 4.02. The topological polar surface area (TPSA) is 104 Å². The highest BCUT2D eigenvalue weighted by Crippen LogP contribution is 2.30. The number of hydrogen-bond acceptors (Lipinski definition) is 5. The van der Waals surface area contributed by atoms with E-state index in [2.05, 4.69) is 20.7 Å². The Labute approximate surface area is 126 Å². The zero-order valence-electron chi connectivity index (χ0n) is 9.70. The quantitative estimate of drug-likeness (QED) is 0.710. The van der Waals surface area contributed by atoms with E-state index >= 15 is 0 Å². The third kappa shape index (κ3) is 2.94. The van der Waals surface area contributed by atoms with E-state index in [0.717, 1.165) is 23.5 Å². The fraction of sp³-hybridized carbons (Fsp3) is 0. The maximum Gasteiger partial charge on any atom is 0.339 e. The Morgan fingerprint density at radius 2 is 2.00 bits per heavy atom. The Hall–Kier alpha value is -1.58. The van der Waals surface area contributed by atoms with E-state index in [1.165, 1.54) is 6.07 Å². The number of nitrogens with one attached hydrogen (secondary N) is 1. The molecule has 106 valence electrons. The number of sulfonamides is 1. The van der Waals surface area contributed by atoms with Crippen molar-refractivity contribution in [2.75, 3.05) is 4.72 Å². The largest absolute Gasteiger partial charge is 0.507 e. The molecule has 1 aromatic heterocycles. The van der Waals surface area contributed by atoms with Crippen LogP contribution >= 0.6 is 27.3 Å². The maximum absolute atomic E-state index is 12.1. The van der Waals surface area contributed by atoms with Crippen LogP contribution in [0.25, 0.3) is 0 Å². The first-order valence-corrected chi connectivity index (χ1v) is 8.29. The van der Waals surface area contributed by atoms with Gasteiger partial charge >= 0.3 is 5.97 Å². The van der Waals surface area contributed by atoms with E-state index in [0.29, 0.717) is 4.47 Å². The summed E-state index contributed by atoms with van der Waals surface area (Å²) >= 11 is 4.15. The Balaban J connectivity index is 2.38. The predicted molar refractivity (Wildman–Crippen MR) is 77.9 cm³/mol. The van der Waals surface area contributed by atoms with Gasteiger partial charge in [0.25, 0.3) is 10.0 Å². The van der Waals surface area contributed by atoms with Gasteiger partial charge in [-0.3, -0.25) is 4.72 Å². The average Bonchev–Trinajstić information content (AvgIpc) is 2.78. The second-order valence-electron chi connectivity index (χ2n) is 3.70. The zero-order valence-corrected chi connectivity index (χ0v) is 12.9. The summed E-state index contributed by atoms with van der Waals surface area (Å²) in [5.41, 5.74) is -0.323. The minimum atomic E-state index is -3.81. The van der Waals surface area contributed by atoms with Crippen molar-refractivity contribution in [2.24, 2.45) is 0 Å². The lowest BCUT2D eigenvalue weighted by Crippen LogP contribution is -2.12. The highest BCUT2D eigenvalue weighted by molar-refractivity contribution is 9.10. The van der Waals surface area contributed by atoms with Crippen molar-refractivity contribution in [3.63, 3.8) is 0 Å². The first-order chi connectivity index (χ1) is 9.31. The van der Waals surface area contributed by atoms with Crippen molar-refractivity contribution in [2.45, 2.75) is 4.21 Å². The molecule has 0 bridgehead atoms. The number of rotatable bonds is 4. The molecule has 0 radical (unpaired) electrons. The van der Waals surface area contributed by atoms with Gasteiger partial charge < -0.3 is 10.2 Å². The first-order valence-electron chi connectivity index (χ1n) is 5.13. The van der Waals surface area contributed by atoms with Gasteiger partial charge in [0.2, 0.25) is 0 Å². The van der Waals surface area contributed by atoms with Gasteiger partial charge in [-0.15, -0.1) is 11.3 Å². The highest BCUT2D eigenvalue weighted by atomic mass is 79.9. The Morgan fingerprint density at radius 3 is 2.55 bits per heavy atom. The van der Waals surface area contributed by atoms with Gasteiger partial charge in [-0.2, -0.15) is 0 Å². The summed E-state index contributed by atoms with van der Waals surface area (Å²) in [5, 5.41) is 19.9. The standard InChI is InChI=1S/C11H8BrNO5S2/c12-8-3-4-19-11(8)20(17,18)13-6-1-2-9(14)7(5-6)10(15)16/h1-5,13-14H,(H,15,16). The fourth-order valence-electron chi connectivity index (χ4n) is 1.44. The number of aromatic hydroxyl groups is 1. The normalized spacial score (nSPS) is 11.2. The number of carbonyl (C=O) groups is 1. The van der Waals surface area contributed by atoms with Crippen LogP contribution in [0.15, 0.2) is 38.3 Å². The van der Waals surface area contributed by atoms with Crippen LogP contribution in [0.2, 0.25) is 0 Å². The van der Waals surface area contributed by atoms with Crippen LogP contribution in [0.5, 0.6) is 5.75 Å². The molecule has 0 aliphatic rings. The van der Waals surface area contributed by atoms with Crippen LogP contribution in [-0.4, -0.2) is 24.6 Å². The van der Waals surface area contributed by atoms with E-state index in [4.69, 9.17) is 5.11 Å². The molecule has 0 aliphatic heterocycles. The van der Waals surface area contributed by atoms with Crippen molar-refractivity contribution >= 4 is 48.9 Å². The molecule has 9 heteroatoms. The van der Waals surface area contributed by atoms with Gasteiger partial charge in [0.1, 0.15) is 11.3 Å². The third-order valence-corrected chi connectivity index (χ3v) is 6.36. The SMILES string of the molecule is O=C(O)c1cc(NS(=O)(=O)c2sccc2Br)ccc1O. The van der Waals surface area contributed by atoms with E-state index < -0.39 is 21.7 Å². The summed E-state index contributed by atoms with van der Waals surface area (Å²) in [4.78, 5) is 10.9. The summed E-state index contributed by atoms with van der Waals surface area (Å²) in [6, 6.07) is 5.04. The van der Waals surface area contributed by atoms with Crippen LogP contribution in [-0.2, 0) is 10.0 Å². The van der Waals surface area contributed by atoms with Crippen molar-refractivity contribution in [3.05, 3.63) is 39.7 Å². The molecular formula is C11H8BrNO5S2. The molecule has 1 aromatic carbocycles. The van der Waals surface area contributed by atoms with Crippen LogP contribution in [0, 0.1) is 0 Å². The van der Waals surface area contributed by atoms with Crippen molar-refractivity contribution in [3.8, 4) is 5.75 Å². The van der Waals surface area contributed by atoms with Gasteiger partial charge in [0, 0.05) is 10.2 Å². The Bertz CT molecular complexity index is 769. The molecular weight excluding hydrogens is 370 g/mol. The van der Waals surface area contributed by atoms with Crippen molar-refractivity contribution in [1.29, 1.82) is 0 Å². The minimum absolute atomic E-state index is 0.0560. The van der Waals surface area contributed by atoms with Gasteiger partial charge in [0.05, 0.1) is 0 Å². The lowest BCUT2D eigenvalue weighted by molar-refractivity contribution is 0.0694. The van der Waals surface area contributed by atoms with Crippen LogP contribution < -0.4 is 4.72 Å². The van der Waals surface area contributed by atoms with Gasteiger partial charge in [-0.25, -0.2) is 13.2 Å². The number of carboxylic acid groups (broad SMARTS) is 1. The molecule has 0 spiro atoms. The summed E-state index contributed by atoms with van der Waals surface area (Å²) in [7, 11) is -3.81. The van der Waals surface area contributed by atoms with Gasteiger partial charge in [-0.05, 0) is 45.6 Å². The summed E-state index contributed by atoms with van der Waals surface area (Å²) in [6.07, 6.45) is 0. The van der Waals surface area contributed by atoms with Gasteiger partial charge in [0.15, 0.2) is 4.21 Å². The molecule has 0 saturated carbocycles. The number of benzene rings is 1. The number of carboxylic acids is 1. The minimum Gasteiger partial charge on any atom is -0.507 e. The van der Waals surface area contributed by atoms with Crippen LogP contribution in [0.3, 0.4) is 0 Å². The predicted octanol–water partition coefficient (Wildman–Crippen LogP) is 2.72. The summed E-state index contributed by atoms with van der Waals surface area (Å²) < 4.78 is 27.0. The molecule has 6 nitrogen and oxygen atoms in total. The van der Waals surface area contributed by atoms with E-state index in [1.807, 2.05) is 0 Å². The smallest absolute Gasteiger partial charge is 0.339 e. The molecule has 2 aromatic rings. The highest BCUT2D eigenvalue weighted by Gasteiger charge is 2.20. The van der Waals surface area contributed by atoms with E-state index in [9.17, 15) is 18.3 Å². The Morgan fingerprint density at radius 1 is 1.30 bits per heavy atom. The molecule has 20 heavy (non-hydrogen) atoms. The molecule has 1 heterocycles. The molecule has 0 unspecified atom stereocenters. The molecule has 3 N–H and O–H groups in total. The number of phenols is 1. The molecule has 2 rings (SSSR count). The second-order valence-corrected chi connectivity index (χ2v) is 7.35. The number of hydrogen-bond donors (Lipinski definition) is 3. The lowest BCUT2D eigenvalue weighted by Gasteiger charge is -2.08. The molecule has 0 amide bonds. The van der Waals surface area contributed by atoms with Crippen molar-refractivity contribution < 1.29 is 23.4 Å². The van der Waals surface area contributed by atoms with Crippen molar-refractivity contribution in [1.82, 2.24) is 0 Å². The first kappa shape index (κ1) is 14.8. The van der Waals surface area contributed by atoms with E-state index in [1.54, 1.807) is 11.4 Å². The summed E-state index contributed by atoms with van der Waals surface area (Å²) in [5.74, 6) is -1.78. The zero-order chi connectivity index (χ0) is 14.9. The number of anilines is 1. The molecule has 0 saturated heterocycles. The second kappa shape index (κ2) is 5.43. The van der Waals surface area contributed by atoms with E-state index in [-0.39, 0.29) is 15.5 Å². The lowest BCUT2D eigenvalue weighted by atomic mass is 10.2.